The van der Waals surface area contributed by atoms with Crippen LogP contribution in [0.3, 0.4) is 0 Å². The van der Waals surface area contributed by atoms with Gasteiger partial charge in [-0.05, 0) is 57.7 Å². The third kappa shape index (κ3) is 4.62. The van der Waals surface area contributed by atoms with Crippen molar-refractivity contribution >= 4 is 5.91 Å². The Hall–Kier alpha value is -1.77. The van der Waals surface area contributed by atoms with Crippen LogP contribution in [0.1, 0.15) is 51.6 Å². The first kappa shape index (κ1) is 15.6. The van der Waals surface area contributed by atoms with Gasteiger partial charge in [0.2, 0.25) is 5.91 Å². The maximum absolute atomic E-state index is 12.3. The van der Waals surface area contributed by atoms with Gasteiger partial charge >= 0.3 is 0 Å². The van der Waals surface area contributed by atoms with E-state index in [0.29, 0.717) is 0 Å². The van der Waals surface area contributed by atoms with E-state index in [-0.39, 0.29) is 24.0 Å². The number of carbonyl (C=O) groups excluding carboxylic acids is 1. The molecule has 3 heteroatoms. The monoisotopic (exact) mass is 287 g/mol. The molecule has 0 aromatic heterocycles. The normalized spacial score (nSPS) is 19.3. The van der Waals surface area contributed by atoms with E-state index in [1.54, 1.807) is 0 Å². The van der Waals surface area contributed by atoms with Crippen molar-refractivity contribution in [2.75, 3.05) is 0 Å². The molecule has 1 aliphatic carbocycles. The molecule has 3 nitrogen and oxygen atoms in total. The Bertz CT molecular complexity index is 508. The molecule has 0 heterocycles. The molecule has 2 atom stereocenters. The van der Waals surface area contributed by atoms with Crippen LogP contribution < -0.4 is 10.1 Å². The number of hydrogen-bond acceptors (Lipinski definition) is 2. The summed E-state index contributed by atoms with van der Waals surface area (Å²) < 4.78 is 5.70. The molecular formula is C18H25NO2. The Morgan fingerprint density at radius 2 is 2.10 bits per heavy atom. The van der Waals surface area contributed by atoms with Gasteiger partial charge in [0.15, 0.2) is 0 Å². The van der Waals surface area contributed by atoms with E-state index in [1.165, 1.54) is 0 Å². The lowest BCUT2D eigenvalue weighted by Gasteiger charge is -2.21. The minimum atomic E-state index is -0.000816. The maximum atomic E-state index is 12.3. The Morgan fingerprint density at radius 3 is 2.76 bits per heavy atom. The molecule has 2 rings (SSSR count). The van der Waals surface area contributed by atoms with E-state index < -0.39 is 0 Å². The van der Waals surface area contributed by atoms with Gasteiger partial charge in [0.25, 0.3) is 0 Å². The number of hydrogen-bond donors (Lipinski definition) is 1. The van der Waals surface area contributed by atoms with Crippen LogP contribution in [0.25, 0.3) is 0 Å². The van der Waals surface area contributed by atoms with Crippen LogP contribution in [0.5, 0.6) is 5.75 Å². The van der Waals surface area contributed by atoms with Crippen molar-refractivity contribution in [3.8, 4) is 5.75 Å². The van der Waals surface area contributed by atoms with E-state index in [9.17, 15) is 4.79 Å². The summed E-state index contributed by atoms with van der Waals surface area (Å²) in [6, 6.07) is 7.95. The zero-order valence-corrected chi connectivity index (χ0v) is 13.1. The van der Waals surface area contributed by atoms with Crippen molar-refractivity contribution < 1.29 is 9.53 Å². The van der Waals surface area contributed by atoms with Gasteiger partial charge in [-0.25, -0.2) is 0 Å². The van der Waals surface area contributed by atoms with Gasteiger partial charge in [-0.3, -0.25) is 4.79 Å². The third-order valence-electron chi connectivity index (χ3n) is 3.73. The van der Waals surface area contributed by atoms with Crippen LogP contribution in [-0.4, -0.2) is 12.0 Å². The molecule has 0 aliphatic heterocycles. The maximum Gasteiger partial charge on any atom is 0.223 e. The number of amides is 1. The van der Waals surface area contributed by atoms with Gasteiger partial charge in [-0.2, -0.15) is 0 Å². The average molecular weight is 287 g/mol. The summed E-state index contributed by atoms with van der Waals surface area (Å²) in [5.74, 6) is 1.12. The second kappa shape index (κ2) is 7.30. The summed E-state index contributed by atoms with van der Waals surface area (Å²) in [5.41, 5.74) is 1.08. The van der Waals surface area contributed by atoms with E-state index in [4.69, 9.17) is 4.74 Å². The minimum absolute atomic E-state index is 0.000816. The SMILES string of the molecule is CC(C)Oc1cccc([C@H](C)NC(=O)[C@H]2CC=CCC2)c1. The summed E-state index contributed by atoms with van der Waals surface area (Å²) in [7, 11) is 0. The highest BCUT2D eigenvalue weighted by Gasteiger charge is 2.20. The zero-order chi connectivity index (χ0) is 15.2. The largest absolute Gasteiger partial charge is 0.491 e. The molecule has 1 aromatic rings. The fourth-order valence-corrected chi connectivity index (χ4v) is 2.58. The molecule has 0 radical (unpaired) electrons. The van der Waals surface area contributed by atoms with Crippen LogP contribution in [0.15, 0.2) is 36.4 Å². The predicted octanol–water partition coefficient (Wildman–Crippen LogP) is 4.01. The van der Waals surface area contributed by atoms with Crippen LogP contribution in [0, 0.1) is 5.92 Å². The van der Waals surface area contributed by atoms with E-state index in [1.807, 2.05) is 45.0 Å². The summed E-state index contributed by atoms with van der Waals surface area (Å²) >= 11 is 0. The molecule has 1 amide bonds. The van der Waals surface area contributed by atoms with Crippen LogP contribution in [-0.2, 0) is 4.79 Å². The smallest absolute Gasteiger partial charge is 0.223 e. The molecule has 0 saturated carbocycles. The topological polar surface area (TPSA) is 38.3 Å². The Morgan fingerprint density at radius 1 is 1.29 bits per heavy atom. The van der Waals surface area contributed by atoms with Crippen LogP contribution >= 0.6 is 0 Å². The molecule has 0 unspecified atom stereocenters. The van der Waals surface area contributed by atoms with Crippen LogP contribution in [0.2, 0.25) is 0 Å². The minimum Gasteiger partial charge on any atom is -0.491 e. The van der Waals surface area contributed by atoms with Crippen molar-refractivity contribution in [1.29, 1.82) is 0 Å². The Kier molecular flexibility index (Phi) is 5.43. The number of rotatable bonds is 5. The number of nitrogens with one attached hydrogen (secondary N) is 1. The lowest BCUT2D eigenvalue weighted by molar-refractivity contribution is -0.125. The molecule has 1 aliphatic rings. The molecular weight excluding hydrogens is 262 g/mol. The van der Waals surface area contributed by atoms with Crippen molar-refractivity contribution in [2.45, 2.75) is 52.2 Å². The number of ether oxygens (including phenoxy) is 1. The van der Waals surface area contributed by atoms with Gasteiger partial charge in [-0.1, -0.05) is 24.3 Å². The first-order chi connectivity index (χ1) is 10.1. The highest BCUT2D eigenvalue weighted by molar-refractivity contribution is 5.79. The fourth-order valence-electron chi connectivity index (χ4n) is 2.58. The van der Waals surface area contributed by atoms with Crippen LogP contribution in [0.4, 0.5) is 0 Å². The molecule has 1 N–H and O–H groups in total. The Balaban J connectivity index is 1.97. The molecule has 21 heavy (non-hydrogen) atoms. The van der Waals surface area contributed by atoms with Crippen molar-refractivity contribution in [2.24, 2.45) is 5.92 Å². The molecule has 114 valence electrons. The predicted molar refractivity (Wildman–Crippen MR) is 85.2 cm³/mol. The highest BCUT2D eigenvalue weighted by atomic mass is 16.5. The first-order valence-corrected chi connectivity index (χ1v) is 7.78. The zero-order valence-electron chi connectivity index (χ0n) is 13.1. The second-order valence-corrected chi connectivity index (χ2v) is 5.95. The third-order valence-corrected chi connectivity index (χ3v) is 3.73. The lowest BCUT2D eigenvalue weighted by atomic mass is 9.93. The Labute approximate surface area is 127 Å². The molecule has 1 aromatic carbocycles. The standard InChI is InChI=1S/C18H25NO2/c1-13(2)21-17-11-7-10-16(12-17)14(3)19-18(20)15-8-5-4-6-9-15/h4-5,7,10-15H,6,8-9H2,1-3H3,(H,19,20)/t14-,15-/m0/s1. The number of allylic oxidation sites excluding steroid dienone is 2. The number of benzene rings is 1. The van der Waals surface area contributed by atoms with Gasteiger partial charge < -0.3 is 10.1 Å². The van der Waals surface area contributed by atoms with E-state index >= 15 is 0 Å². The lowest BCUT2D eigenvalue weighted by Crippen LogP contribution is -2.33. The van der Waals surface area contributed by atoms with Gasteiger partial charge in [0.05, 0.1) is 12.1 Å². The quantitative estimate of drug-likeness (QED) is 0.831. The van der Waals surface area contributed by atoms with Gasteiger partial charge in [-0.15, -0.1) is 0 Å². The van der Waals surface area contributed by atoms with Gasteiger partial charge in [0.1, 0.15) is 5.75 Å². The summed E-state index contributed by atoms with van der Waals surface area (Å²) in [6.45, 7) is 6.04. The van der Waals surface area contributed by atoms with Gasteiger partial charge in [0, 0.05) is 5.92 Å². The van der Waals surface area contributed by atoms with E-state index in [2.05, 4.69) is 17.5 Å². The summed E-state index contributed by atoms with van der Waals surface area (Å²) in [4.78, 5) is 12.3. The van der Waals surface area contributed by atoms with E-state index in [0.717, 1.165) is 30.6 Å². The first-order valence-electron chi connectivity index (χ1n) is 7.78. The second-order valence-electron chi connectivity index (χ2n) is 5.95. The average Bonchev–Trinajstić information content (AvgIpc) is 2.47. The molecule has 0 saturated heterocycles. The summed E-state index contributed by atoms with van der Waals surface area (Å²) in [6.07, 6.45) is 7.22. The molecule has 0 fully saturated rings. The molecule has 0 spiro atoms. The molecule has 0 bridgehead atoms. The van der Waals surface area contributed by atoms with Crippen molar-refractivity contribution in [3.05, 3.63) is 42.0 Å². The number of carbonyl (C=O) groups is 1. The van der Waals surface area contributed by atoms with Crippen molar-refractivity contribution in [1.82, 2.24) is 5.32 Å². The summed E-state index contributed by atoms with van der Waals surface area (Å²) in [5, 5.41) is 3.12. The van der Waals surface area contributed by atoms with Crippen molar-refractivity contribution in [3.63, 3.8) is 0 Å². The fraction of sp³-hybridized carbons (Fsp3) is 0.500. The highest BCUT2D eigenvalue weighted by Crippen LogP contribution is 2.22.